The largest absolute Gasteiger partial charge is 0.366 e. The number of rotatable bonds is 5. The Morgan fingerprint density at radius 2 is 1.90 bits per heavy atom. The molecular weight excluding hydrogens is 384 g/mol. The van der Waals surface area contributed by atoms with E-state index in [2.05, 4.69) is 15.4 Å². The second-order valence-corrected chi connectivity index (χ2v) is 7.41. The molecule has 1 aromatic carbocycles. The number of amides is 2. The number of carbonyl (C=O) groups is 2. The van der Waals surface area contributed by atoms with E-state index in [9.17, 15) is 14.4 Å². The zero-order chi connectivity index (χ0) is 21.4. The minimum Gasteiger partial charge on any atom is -0.366 e. The molecule has 2 aromatic heterocycles. The molecule has 0 bridgehead atoms. The van der Waals surface area contributed by atoms with Crippen molar-refractivity contribution in [3.05, 3.63) is 68.9 Å². The molecule has 2 heterocycles. The van der Waals surface area contributed by atoms with Crippen LogP contribution in [0, 0.1) is 13.8 Å². The first kappa shape index (κ1) is 19.6. The first-order valence-electron chi connectivity index (χ1n) is 9.69. The Balaban J connectivity index is 1.67. The summed E-state index contributed by atoms with van der Waals surface area (Å²) in [5.74, 6) is -0.588. The minimum atomic E-state index is -0.543. The van der Waals surface area contributed by atoms with E-state index in [0.717, 1.165) is 29.9 Å². The number of aryl methyl sites for hydroxylation is 3. The highest BCUT2D eigenvalue weighted by Gasteiger charge is 2.23. The molecule has 1 aliphatic carbocycles. The van der Waals surface area contributed by atoms with Crippen LogP contribution < -0.4 is 16.6 Å². The van der Waals surface area contributed by atoms with Gasteiger partial charge in [0.1, 0.15) is 6.54 Å². The second-order valence-electron chi connectivity index (χ2n) is 7.41. The fourth-order valence-corrected chi connectivity index (χ4v) is 3.71. The molecule has 154 valence electrons. The highest BCUT2D eigenvalue weighted by atomic mass is 16.2. The van der Waals surface area contributed by atoms with Gasteiger partial charge in [-0.3, -0.25) is 19.0 Å². The number of anilines is 1. The summed E-state index contributed by atoms with van der Waals surface area (Å²) in [4.78, 5) is 41.7. The number of nitrogens with one attached hydrogen (secondary N) is 1. The molecule has 0 unspecified atom stereocenters. The number of hydrogen-bond donors (Lipinski definition) is 2. The topological polar surface area (TPSA) is 125 Å². The molecular formula is C21H22N6O3. The summed E-state index contributed by atoms with van der Waals surface area (Å²) in [6, 6.07) is 8.13. The van der Waals surface area contributed by atoms with Crippen LogP contribution in [-0.4, -0.2) is 31.1 Å². The molecule has 3 N–H and O–H groups in total. The maximum atomic E-state index is 13.1. The molecule has 3 aromatic rings. The number of nitrogens with two attached hydrogens (primary N) is 1. The van der Waals surface area contributed by atoms with E-state index in [1.54, 1.807) is 16.8 Å². The number of benzene rings is 1. The number of nitrogens with zero attached hydrogens (tertiary/aromatic N) is 4. The smallest absolute Gasteiger partial charge is 0.258 e. The van der Waals surface area contributed by atoms with Crippen LogP contribution in [0.15, 0.2) is 35.1 Å². The van der Waals surface area contributed by atoms with Crippen molar-refractivity contribution in [3.63, 3.8) is 0 Å². The SMILES string of the molecule is Cc1cc(C)n(-c2nc3c(c(=O)n2CC(=O)Nc2ccc(C(N)=O)cc2)CCC3)n1. The summed E-state index contributed by atoms with van der Waals surface area (Å²) in [6.45, 7) is 3.54. The third-order valence-corrected chi connectivity index (χ3v) is 5.12. The molecule has 9 nitrogen and oxygen atoms in total. The van der Waals surface area contributed by atoms with E-state index in [0.29, 0.717) is 29.2 Å². The maximum absolute atomic E-state index is 13.1. The molecule has 0 saturated carbocycles. The quantitative estimate of drug-likeness (QED) is 0.660. The van der Waals surface area contributed by atoms with E-state index < -0.39 is 5.91 Å². The standard InChI is InChI=1S/C21H22N6O3/c1-12-10-13(2)27(25-12)21-24-17-5-3-4-16(17)20(30)26(21)11-18(28)23-15-8-6-14(7-9-15)19(22)29/h6-10H,3-5,11H2,1-2H3,(H2,22,29)(H,23,28). The molecule has 0 radical (unpaired) electrons. The molecule has 2 amide bonds. The third kappa shape index (κ3) is 3.61. The van der Waals surface area contributed by atoms with Gasteiger partial charge in [0.15, 0.2) is 0 Å². The van der Waals surface area contributed by atoms with Crippen molar-refractivity contribution in [2.45, 2.75) is 39.7 Å². The summed E-state index contributed by atoms with van der Waals surface area (Å²) < 4.78 is 2.97. The molecule has 9 heteroatoms. The first-order chi connectivity index (χ1) is 14.3. The van der Waals surface area contributed by atoms with Crippen molar-refractivity contribution in [3.8, 4) is 5.95 Å². The van der Waals surface area contributed by atoms with Crippen LogP contribution in [-0.2, 0) is 24.2 Å². The molecule has 0 saturated heterocycles. The molecule has 4 rings (SSSR count). The Bertz CT molecular complexity index is 1210. The average molecular weight is 406 g/mol. The highest BCUT2D eigenvalue weighted by Crippen LogP contribution is 2.19. The lowest BCUT2D eigenvalue weighted by Crippen LogP contribution is -2.34. The van der Waals surface area contributed by atoms with Gasteiger partial charge in [-0.2, -0.15) is 5.10 Å². The Kier molecular flexibility index (Phi) is 4.94. The number of aromatic nitrogens is 4. The first-order valence-corrected chi connectivity index (χ1v) is 9.69. The van der Waals surface area contributed by atoms with Crippen LogP contribution in [0.3, 0.4) is 0 Å². The van der Waals surface area contributed by atoms with Crippen molar-refractivity contribution in [1.82, 2.24) is 19.3 Å². The van der Waals surface area contributed by atoms with Crippen LogP contribution in [0.1, 0.15) is 39.4 Å². The summed E-state index contributed by atoms with van der Waals surface area (Å²) in [5, 5.41) is 7.19. The maximum Gasteiger partial charge on any atom is 0.258 e. The summed E-state index contributed by atoms with van der Waals surface area (Å²) >= 11 is 0. The molecule has 1 aliphatic rings. The van der Waals surface area contributed by atoms with Crippen LogP contribution >= 0.6 is 0 Å². The Morgan fingerprint density at radius 1 is 1.17 bits per heavy atom. The minimum absolute atomic E-state index is 0.204. The Hall–Kier alpha value is -3.75. The molecule has 0 spiro atoms. The van der Waals surface area contributed by atoms with E-state index in [-0.39, 0.29) is 18.0 Å². The summed E-state index contributed by atoms with van der Waals surface area (Å²) in [7, 11) is 0. The van der Waals surface area contributed by atoms with Crippen molar-refractivity contribution in [1.29, 1.82) is 0 Å². The zero-order valence-electron chi connectivity index (χ0n) is 16.8. The van der Waals surface area contributed by atoms with E-state index in [1.807, 2.05) is 19.9 Å². The van der Waals surface area contributed by atoms with Gasteiger partial charge in [0, 0.05) is 22.5 Å². The van der Waals surface area contributed by atoms with E-state index in [1.165, 1.54) is 16.7 Å². The molecule has 0 atom stereocenters. The Labute approximate surface area is 172 Å². The van der Waals surface area contributed by atoms with Crippen LogP contribution in [0.25, 0.3) is 5.95 Å². The van der Waals surface area contributed by atoms with Crippen molar-refractivity contribution >= 4 is 17.5 Å². The van der Waals surface area contributed by atoms with Gasteiger partial charge in [-0.15, -0.1) is 0 Å². The summed E-state index contributed by atoms with van der Waals surface area (Å²) in [5.41, 5.74) is 8.94. The lowest BCUT2D eigenvalue weighted by Gasteiger charge is -2.15. The number of primary amides is 1. The molecule has 30 heavy (non-hydrogen) atoms. The predicted octanol–water partition coefficient (Wildman–Crippen LogP) is 1.27. The monoisotopic (exact) mass is 406 g/mol. The average Bonchev–Trinajstić information content (AvgIpc) is 3.30. The van der Waals surface area contributed by atoms with Crippen molar-refractivity contribution < 1.29 is 9.59 Å². The van der Waals surface area contributed by atoms with Crippen LogP contribution in [0.4, 0.5) is 5.69 Å². The van der Waals surface area contributed by atoms with Gasteiger partial charge >= 0.3 is 0 Å². The lowest BCUT2D eigenvalue weighted by atomic mass is 10.2. The lowest BCUT2D eigenvalue weighted by molar-refractivity contribution is -0.116. The number of hydrogen-bond acceptors (Lipinski definition) is 5. The van der Waals surface area contributed by atoms with Gasteiger partial charge in [-0.05, 0) is 63.4 Å². The normalized spacial score (nSPS) is 12.6. The predicted molar refractivity (Wildman–Crippen MR) is 111 cm³/mol. The Morgan fingerprint density at radius 3 is 2.53 bits per heavy atom. The number of fused-ring (bicyclic) bond motifs is 1. The third-order valence-electron chi connectivity index (χ3n) is 5.12. The molecule has 0 fully saturated rings. The van der Waals surface area contributed by atoms with Gasteiger partial charge < -0.3 is 11.1 Å². The van der Waals surface area contributed by atoms with E-state index in [4.69, 9.17) is 5.73 Å². The number of carbonyl (C=O) groups excluding carboxylic acids is 2. The molecule has 0 aliphatic heterocycles. The van der Waals surface area contributed by atoms with Crippen molar-refractivity contribution in [2.75, 3.05) is 5.32 Å². The highest BCUT2D eigenvalue weighted by molar-refractivity contribution is 5.94. The second kappa shape index (κ2) is 7.58. The zero-order valence-corrected chi connectivity index (χ0v) is 16.8. The van der Waals surface area contributed by atoms with Crippen LogP contribution in [0.2, 0.25) is 0 Å². The van der Waals surface area contributed by atoms with Crippen molar-refractivity contribution in [2.24, 2.45) is 5.73 Å². The van der Waals surface area contributed by atoms with Gasteiger partial charge in [-0.1, -0.05) is 0 Å². The van der Waals surface area contributed by atoms with E-state index >= 15 is 0 Å². The fraction of sp³-hybridized carbons (Fsp3) is 0.286. The van der Waals surface area contributed by atoms with Gasteiger partial charge in [0.05, 0.1) is 11.4 Å². The van der Waals surface area contributed by atoms with Gasteiger partial charge in [0.2, 0.25) is 17.8 Å². The fourth-order valence-electron chi connectivity index (χ4n) is 3.71. The van der Waals surface area contributed by atoms with Gasteiger partial charge in [0.25, 0.3) is 5.56 Å². The van der Waals surface area contributed by atoms with Crippen LogP contribution in [0.5, 0.6) is 0 Å². The van der Waals surface area contributed by atoms with Gasteiger partial charge in [-0.25, -0.2) is 9.67 Å². The summed E-state index contributed by atoms with van der Waals surface area (Å²) in [6.07, 6.45) is 2.28.